The number of hydrogen-bond donors (Lipinski definition) is 2. The molecule has 3 rings (SSSR count). The van der Waals surface area contributed by atoms with Crippen molar-refractivity contribution in [3.8, 4) is 0 Å². The molecule has 0 spiro atoms. The van der Waals surface area contributed by atoms with Crippen molar-refractivity contribution in [3.05, 3.63) is 46.3 Å². The fourth-order valence-electron chi connectivity index (χ4n) is 3.51. The first-order chi connectivity index (χ1) is 13.8. The van der Waals surface area contributed by atoms with E-state index in [1.54, 1.807) is 18.2 Å². The van der Waals surface area contributed by atoms with Crippen LogP contribution in [-0.2, 0) is 0 Å². The number of anilines is 4. The first-order valence-corrected chi connectivity index (χ1v) is 10.1. The van der Waals surface area contributed by atoms with E-state index >= 15 is 0 Å². The summed E-state index contributed by atoms with van der Waals surface area (Å²) < 4.78 is 14.8. The average Bonchev–Trinajstić information content (AvgIpc) is 2.67. The minimum atomic E-state index is -0.498. The summed E-state index contributed by atoms with van der Waals surface area (Å²) in [6.45, 7) is 7.76. The van der Waals surface area contributed by atoms with Gasteiger partial charge in [-0.1, -0.05) is 13.8 Å². The van der Waals surface area contributed by atoms with Crippen LogP contribution in [0.15, 0.2) is 30.3 Å². The molecule has 1 aromatic heterocycles. The third-order valence-electron chi connectivity index (χ3n) is 5.08. The van der Waals surface area contributed by atoms with Gasteiger partial charge in [-0.05, 0) is 56.4 Å². The highest BCUT2D eigenvalue weighted by Gasteiger charge is 2.22. The molecule has 1 atom stereocenters. The van der Waals surface area contributed by atoms with Gasteiger partial charge >= 0.3 is 5.69 Å². The van der Waals surface area contributed by atoms with E-state index in [4.69, 9.17) is 0 Å². The predicted molar refractivity (Wildman–Crippen MR) is 115 cm³/mol. The fraction of sp³-hybridized carbons (Fsp3) is 0.476. The number of hydrogen-bond acceptors (Lipinski definition) is 6. The molecule has 8 heteroatoms. The van der Waals surface area contributed by atoms with Gasteiger partial charge in [-0.25, -0.2) is 9.37 Å². The molecule has 1 aromatic carbocycles. The molecule has 29 heavy (non-hydrogen) atoms. The largest absolute Gasteiger partial charge is 0.370 e. The zero-order chi connectivity index (χ0) is 21.0. The van der Waals surface area contributed by atoms with Gasteiger partial charge in [-0.15, -0.1) is 0 Å². The van der Waals surface area contributed by atoms with Crippen molar-refractivity contribution in [1.82, 2.24) is 4.98 Å². The number of halogens is 1. The molecule has 1 saturated heterocycles. The van der Waals surface area contributed by atoms with Gasteiger partial charge in [-0.2, -0.15) is 0 Å². The quantitative estimate of drug-likeness (QED) is 0.483. The normalized spacial score (nSPS) is 16.7. The Morgan fingerprint density at radius 3 is 2.76 bits per heavy atom. The lowest BCUT2D eigenvalue weighted by atomic mass is 10.0. The Morgan fingerprint density at radius 1 is 1.31 bits per heavy atom. The van der Waals surface area contributed by atoms with Crippen LogP contribution in [0.3, 0.4) is 0 Å². The van der Waals surface area contributed by atoms with Gasteiger partial charge in [0.25, 0.3) is 0 Å². The number of aromatic nitrogens is 1. The number of nitrogens with zero attached hydrogens (tertiary/aromatic N) is 3. The molecule has 1 aliphatic heterocycles. The zero-order valence-electron chi connectivity index (χ0n) is 17.1. The summed E-state index contributed by atoms with van der Waals surface area (Å²) in [5, 5.41) is 17.4. The maximum Gasteiger partial charge on any atom is 0.311 e. The fourth-order valence-corrected chi connectivity index (χ4v) is 3.51. The van der Waals surface area contributed by atoms with Gasteiger partial charge in [0.1, 0.15) is 11.6 Å². The van der Waals surface area contributed by atoms with Crippen LogP contribution in [0.2, 0.25) is 0 Å². The number of benzene rings is 1. The van der Waals surface area contributed by atoms with E-state index in [2.05, 4.69) is 41.3 Å². The van der Waals surface area contributed by atoms with E-state index in [9.17, 15) is 14.5 Å². The van der Waals surface area contributed by atoms with Crippen LogP contribution in [0.5, 0.6) is 0 Å². The van der Waals surface area contributed by atoms with Crippen LogP contribution in [0.4, 0.5) is 33.1 Å². The molecular weight excluding hydrogens is 373 g/mol. The SMILES string of the molecule is CC(C)CNc1ccc([N+](=O)[O-])c(Nc2ccc(N3CCCCC3C)c(F)c2)n1. The van der Waals surface area contributed by atoms with Crippen LogP contribution in [0.1, 0.15) is 40.0 Å². The second kappa shape index (κ2) is 9.07. The van der Waals surface area contributed by atoms with E-state index in [1.165, 1.54) is 12.1 Å². The first kappa shape index (κ1) is 20.8. The number of nitrogens with one attached hydrogen (secondary N) is 2. The second-order valence-corrected chi connectivity index (χ2v) is 7.93. The summed E-state index contributed by atoms with van der Waals surface area (Å²) >= 11 is 0. The van der Waals surface area contributed by atoms with Crippen LogP contribution in [0.25, 0.3) is 0 Å². The van der Waals surface area contributed by atoms with Crippen LogP contribution >= 0.6 is 0 Å². The molecule has 0 aliphatic carbocycles. The molecule has 0 radical (unpaired) electrons. The van der Waals surface area contributed by atoms with Crippen molar-refractivity contribution in [3.63, 3.8) is 0 Å². The van der Waals surface area contributed by atoms with Crippen LogP contribution in [-0.4, -0.2) is 29.0 Å². The van der Waals surface area contributed by atoms with Crippen molar-refractivity contribution in [1.29, 1.82) is 0 Å². The molecule has 2 aromatic rings. The number of piperidine rings is 1. The Labute approximate surface area is 170 Å². The summed E-state index contributed by atoms with van der Waals surface area (Å²) in [4.78, 5) is 17.3. The standard InChI is InChI=1S/C21H28FN5O2/c1-14(2)13-23-20-10-9-19(27(28)29)21(25-20)24-16-7-8-18(17(22)12-16)26-11-5-4-6-15(26)3/h7-10,12,14-15H,4-6,11,13H2,1-3H3,(H2,23,24,25). The topological polar surface area (TPSA) is 83.3 Å². The van der Waals surface area contributed by atoms with Crippen molar-refractivity contribution in [2.24, 2.45) is 5.92 Å². The molecule has 0 bridgehead atoms. The molecule has 1 aliphatic rings. The predicted octanol–water partition coefficient (Wildman–Crippen LogP) is 5.32. The van der Waals surface area contributed by atoms with E-state index < -0.39 is 4.92 Å². The molecular formula is C21H28FN5O2. The van der Waals surface area contributed by atoms with Gasteiger partial charge in [0, 0.05) is 30.9 Å². The highest BCUT2D eigenvalue weighted by atomic mass is 19.1. The monoisotopic (exact) mass is 401 g/mol. The van der Waals surface area contributed by atoms with E-state index in [1.807, 2.05) is 0 Å². The molecule has 0 amide bonds. The highest BCUT2D eigenvalue weighted by molar-refractivity contribution is 5.69. The summed E-state index contributed by atoms with van der Waals surface area (Å²) in [6.07, 6.45) is 3.26. The molecule has 1 fully saturated rings. The smallest absolute Gasteiger partial charge is 0.311 e. The Bertz CT molecular complexity index is 874. The molecule has 0 saturated carbocycles. The lowest BCUT2D eigenvalue weighted by molar-refractivity contribution is -0.384. The van der Waals surface area contributed by atoms with Crippen molar-refractivity contribution in [2.45, 2.75) is 46.1 Å². The number of rotatable bonds is 7. The molecule has 7 nitrogen and oxygen atoms in total. The molecule has 156 valence electrons. The Morgan fingerprint density at radius 2 is 2.10 bits per heavy atom. The van der Waals surface area contributed by atoms with E-state index in [0.29, 0.717) is 35.7 Å². The summed E-state index contributed by atoms with van der Waals surface area (Å²) in [5.74, 6) is 0.677. The third kappa shape index (κ3) is 5.13. The minimum absolute atomic E-state index is 0.0854. The van der Waals surface area contributed by atoms with Gasteiger partial charge in [-0.3, -0.25) is 10.1 Å². The lowest BCUT2D eigenvalue weighted by Gasteiger charge is -2.35. The first-order valence-electron chi connectivity index (χ1n) is 10.1. The van der Waals surface area contributed by atoms with Crippen LogP contribution in [0, 0.1) is 21.8 Å². The number of pyridine rings is 1. The maximum atomic E-state index is 14.8. The summed E-state index contributed by atoms with van der Waals surface area (Å²) in [6, 6.07) is 8.11. The van der Waals surface area contributed by atoms with Crippen molar-refractivity contribution >= 4 is 28.7 Å². The second-order valence-electron chi connectivity index (χ2n) is 7.93. The third-order valence-corrected chi connectivity index (χ3v) is 5.08. The average molecular weight is 401 g/mol. The van der Waals surface area contributed by atoms with E-state index in [-0.39, 0.29) is 17.3 Å². The lowest BCUT2D eigenvalue weighted by Crippen LogP contribution is -2.37. The highest BCUT2D eigenvalue weighted by Crippen LogP contribution is 2.32. The van der Waals surface area contributed by atoms with Crippen molar-refractivity contribution in [2.75, 3.05) is 28.6 Å². The Kier molecular flexibility index (Phi) is 6.51. The van der Waals surface area contributed by atoms with Gasteiger partial charge in [0.05, 0.1) is 10.6 Å². The number of nitro groups is 1. The Balaban J connectivity index is 1.83. The summed E-state index contributed by atoms with van der Waals surface area (Å²) in [5.41, 5.74) is 0.833. The van der Waals surface area contributed by atoms with Gasteiger partial charge < -0.3 is 15.5 Å². The van der Waals surface area contributed by atoms with Crippen LogP contribution < -0.4 is 15.5 Å². The van der Waals surface area contributed by atoms with E-state index in [0.717, 1.165) is 25.8 Å². The molecule has 2 N–H and O–H groups in total. The molecule has 2 heterocycles. The van der Waals surface area contributed by atoms with Crippen molar-refractivity contribution < 1.29 is 9.31 Å². The van der Waals surface area contributed by atoms with Gasteiger partial charge in [0.2, 0.25) is 5.82 Å². The molecule has 1 unspecified atom stereocenters. The maximum absolute atomic E-state index is 14.8. The summed E-state index contributed by atoms with van der Waals surface area (Å²) in [7, 11) is 0. The zero-order valence-corrected chi connectivity index (χ0v) is 17.1. The Hall–Kier alpha value is -2.90. The minimum Gasteiger partial charge on any atom is -0.370 e. The van der Waals surface area contributed by atoms with Gasteiger partial charge in [0.15, 0.2) is 0 Å².